The van der Waals surface area contributed by atoms with Gasteiger partial charge in [-0.05, 0) is 36.4 Å². The van der Waals surface area contributed by atoms with E-state index in [0.29, 0.717) is 0 Å². The summed E-state index contributed by atoms with van der Waals surface area (Å²) >= 11 is 5.95. The second kappa shape index (κ2) is 9.29. The Labute approximate surface area is 183 Å². The largest absolute Gasteiger partial charge is 0.335 e. The number of halogens is 3. The lowest BCUT2D eigenvalue weighted by molar-refractivity contribution is 0.0532. The first-order valence-corrected chi connectivity index (χ1v) is 11.3. The van der Waals surface area contributed by atoms with Gasteiger partial charge in [0.1, 0.15) is 11.6 Å². The van der Waals surface area contributed by atoms with Crippen LogP contribution in [0.4, 0.5) is 8.78 Å². The molecule has 2 aromatic rings. The third-order valence-electron chi connectivity index (χ3n) is 4.83. The Kier molecular flexibility index (Phi) is 6.93. The van der Waals surface area contributed by atoms with Crippen LogP contribution < -0.4 is 4.72 Å². The third kappa shape index (κ3) is 5.03. The highest BCUT2D eigenvalue weighted by atomic mass is 35.5. The van der Waals surface area contributed by atoms with Crippen molar-refractivity contribution in [2.24, 2.45) is 0 Å². The van der Waals surface area contributed by atoms with Gasteiger partial charge in [0.15, 0.2) is 0 Å². The highest BCUT2D eigenvalue weighted by Crippen LogP contribution is 2.21. The molecule has 1 fully saturated rings. The molecule has 1 saturated heterocycles. The molecule has 2 aromatic carbocycles. The number of nitrogens with zero attached hydrogens (tertiary/aromatic N) is 2. The number of piperazine rings is 1. The zero-order valence-corrected chi connectivity index (χ0v) is 18.1. The number of carbonyl (C=O) groups is 2. The summed E-state index contributed by atoms with van der Waals surface area (Å²) in [4.78, 5) is 28.0. The number of sulfonamides is 1. The Morgan fingerprint density at radius 2 is 1.55 bits per heavy atom. The van der Waals surface area contributed by atoms with Gasteiger partial charge in [-0.3, -0.25) is 9.59 Å². The van der Waals surface area contributed by atoms with Crippen LogP contribution in [0.3, 0.4) is 0 Å². The van der Waals surface area contributed by atoms with E-state index in [9.17, 15) is 26.8 Å². The van der Waals surface area contributed by atoms with Crippen LogP contribution in [0.2, 0.25) is 5.02 Å². The van der Waals surface area contributed by atoms with Crippen molar-refractivity contribution in [1.29, 1.82) is 0 Å². The lowest BCUT2D eigenvalue weighted by Gasteiger charge is -2.35. The molecule has 1 aliphatic heterocycles. The van der Waals surface area contributed by atoms with Crippen LogP contribution in [-0.4, -0.2) is 62.8 Å². The predicted octanol–water partition coefficient (Wildman–Crippen LogP) is 2.51. The van der Waals surface area contributed by atoms with Crippen LogP contribution in [0.25, 0.3) is 0 Å². The number of nitrogens with one attached hydrogen (secondary N) is 1. The predicted molar refractivity (Wildman–Crippen MR) is 110 cm³/mol. The highest BCUT2D eigenvalue weighted by Gasteiger charge is 2.28. The first kappa shape index (κ1) is 23.1. The average molecular weight is 472 g/mol. The van der Waals surface area contributed by atoms with Gasteiger partial charge in [-0.15, -0.1) is 0 Å². The summed E-state index contributed by atoms with van der Waals surface area (Å²) in [5.74, 6) is -2.46. The van der Waals surface area contributed by atoms with Crippen molar-refractivity contribution in [2.45, 2.75) is 11.8 Å². The molecular formula is C20H20ClF2N3O4S. The summed E-state index contributed by atoms with van der Waals surface area (Å²) in [6.07, 6.45) is 0. The second-order valence-electron chi connectivity index (χ2n) is 6.85. The maximum atomic E-state index is 14.3. The Balaban J connectivity index is 1.72. The first-order valence-electron chi connectivity index (χ1n) is 9.47. The monoisotopic (exact) mass is 471 g/mol. The minimum absolute atomic E-state index is 0.00992. The Hall–Kier alpha value is -2.56. The fourth-order valence-corrected chi connectivity index (χ4v) is 4.54. The topological polar surface area (TPSA) is 86.8 Å². The van der Waals surface area contributed by atoms with Crippen molar-refractivity contribution in [3.63, 3.8) is 0 Å². The first-order chi connectivity index (χ1) is 14.6. The van der Waals surface area contributed by atoms with Crippen LogP contribution in [0.1, 0.15) is 27.6 Å². The highest BCUT2D eigenvalue weighted by molar-refractivity contribution is 7.89. The van der Waals surface area contributed by atoms with E-state index in [1.54, 1.807) is 6.92 Å². The van der Waals surface area contributed by atoms with E-state index in [4.69, 9.17) is 11.6 Å². The van der Waals surface area contributed by atoms with Crippen molar-refractivity contribution < 1.29 is 26.8 Å². The normalized spacial score (nSPS) is 14.6. The number of carbonyl (C=O) groups excluding carboxylic acids is 2. The zero-order valence-electron chi connectivity index (χ0n) is 16.6. The molecule has 0 spiro atoms. The maximum Gasteiger partial charge on any atom is 0.256 e. The van der Waals surface area contributed by atoms with Crippen LogP contribution in [0, 0.1) is 11.6 Å². The van der Waals surface area contributed by atoms with Crippen molar-refractivity contribution in [2.75, 3.05) is 32.7 Å². The van der Waals surface area contributed by atoms with Gasteiger partial charge >= 0.3 is 0 Å². The Morgan fingerprint density at radius 3 is 2.10 bits per heavy atom. The van der Waals surface area contributed by atoms with Crippen molar-refractivity contribution in [1.82, 2.24) is 14.5 Å². The van der Waals surface area contributed by atoms with E-state index >= 15 is 0 Å². The molecule has 166 valence electrons. The number of hydrogen-bond acceptors (Lipinski definition) is 4. The molecule has 11 heteroatoms. The molecule has 0 radical (unpaired) electrons. The number of amides is 2. The van der Waals surface area contributed by atoms with Gasteiger partial charge in [0, 0.05) is 32.7 Å². The molecule has 1 N–H and O–H groups in total. The van der Waals surface area contributed by atoms with Crippen LogP contribution >= 0.6 is 11.6 Å². The lowest BCUT2D eigenvalue weighted by Crippen LogP contribution is -2.50. The van der Waals surface area contributed by atoms with Gasteiger partial charge in [-0.25, -0.2) is 21.9 Å². The van der Waals surface area contributed by atoms with E-state index < -0.39 is 33.5 Å². The second-order valence-corrected chi connectivity index (χ2v) is 9.03. The molecular weight excluding hydrogens is 452 g/mol. The van der Waals surface area contributed by atoms with Gasteiger partial charge in [0.05, 0.1) is 21.0 Å². The van der Waals surface area contributed by atoms with Gasteiger partial charge < -0.3 is 9.80 Å². The van der Waals surface area contributed by atoms with Crippen molar-refractivity contribution in [3.05, 3.63) is 64.2 Å². The molecule has 0 unspecified atom stereocenters. The molecule has 1 aliphatic rings. The van der Waals surface area contributed by atoms with E-state index in [-0.39, 0.29) is 53.8 Å². The van der Waals surface area contributed by atoms with Gasteiger partial charge in [-0.1, -0.05) is 18.5 Å². The molecule has 0 aromatic heterocycles. The molecule has 3 rings (SSSR count). The van der Waals surface area contributed by atoms with Crippen molar-refractivity contribution in [3.8, 4) is 0 Å². The molecule has 0 aliphatic carbocycles. The third-order valence-corrected chi connectivity index (χ3v) is 6.68. The number of rotatable bonds is 5. The molecule has 0 bridgehead atoms. The molecule has 0 atom stereocenters. The summed E-state index contributed by atoms with van der Waals surface area (Å²) in [5, 5.41) is -0.00992. The van der Waals surface area contributed by atoms with Crippen LogP contribution in [-0.2, 0) is 10.0 Å². The fraction of sp³-hybridized carbons (Fsp3) is 0.300. The number of hydrogen-bond donors (Lipinski definition) is 1. The fourth-order valence-electron chi connectivity index (χ4n) is 3.23. The Bertz CT molecular complexity index is 1120. The lowest BCUT2D eigenvalue weighted by atomic mass is 10.1. The molecule has 31 heavy (non-hydrogen) atoms. The quantitative estimate of drug-likeness (QED) is 0.726. The summed E-state index contributed by atoms with van der Waals surface area (Å²) in [5.41, 5.74) is -0.212. The average Bonchev–Trinajstić information content (AvgIpc) is 2.73. The SMILES string of the molecule is CCNS(=O)(=O)c1ccc(F)c(C(=O)N2CCN(C(=O)c3ccc(F)cc3Cl)CC2)c1. The van der Waals surface area contributed by atoms with Crippen LogP contribution in [0.15, 0.2) is 41.3 Å². The van der Waals surface area contributed by atoms with E-state index in [0.717, 1.165) is 30.3 Å². The minimum Gasteiger partial charge on any atom is -0.335 e. The smallest absolute Gasteiger partial charge is 0.256 e. The van der Waals surface area contributed by atoms with E-state index in [1.807, 2.05) is 0 Å². The van der Waals surface area contributed by atoms with Gasteiger partial charge in [0.25, 0.3) is 11.8 Å². The van der Waals surface area contributed by atoms with E-state index in [1.165, 1.54) is 15.9 Å². The van der Waals surface area contributed by atoms with Crippen molar-refractivity contribution >= 4 is 33.4 Å². The molecule has 7 nitrogen and oxygen atoms in total. The molecule has 0 saturated carbocycles. The summed E-state index contributed by atoms with van der Waals surface area (Å²) < 4.78 is 54.1. The summed E-state index contributed by atoms with van der Waals surface area (Å²) in [6.45, 7) is 2.31. The number of benzene rings is 2. The zero-order chi connectivity index (χ0) is 22.8. The minimum atomic E-state index is -3.85. The van der Waals surface area contributed by atoms with Crippen LogP contribution in [0.5, 0.6) is 0 Å². The summed E-state index contributed by atoms with van der Waals surface area (Å²) in [7, 11) is -3.85. The summed E-state index contributed by atoms with van der Waals surface area (Å²) in [6, 6.07) is 6.51. The van der Waals surface area contributed by atoms with Gasteiger partial charge in [0.2, 0.25) is 10.0 Å². The standard InChI is InChI=1S/C20H20ClF2N3O4S/c1-2-24-31(29,30)14-4-6-18(23)16(12-14)20(28)26-9-7-25(8-10-26)19(27)15-5-3-13(22)11-17(15)21/h3-6,11-12,24H,2,7-10H2,1H3. The molecule has 1 heterocycles. The maximum absolute atomic E-state index is 14.3. The molecule has 2 amide bonds. The Morgan fingerprint density at radius 1 is 0.968 bits per heavy atom. The van der Waals surface area contributed by atoms with Gasteiger partial charge in [-0.2, -0.15) is 0 Å². The van der Waals surface area contributed by atoms with E-state index in [2.05, 4.69) is 4.72 Å².